The maximum absolute atomic E-state index is 9.10. The van der Waals surface area contributed by atoms with Crippen molar-refractivity contribution in [2.45, 2.75) is 6.92 Å². The Morgan fingerprint density at radius 1 is 1.67 bits per heavy atom. The molecule has 0 saturated heterocycles. The Kier molecular flexibility index (Phi) is 2.31. The molecule has 0 aliphatic heterocycles. The Bertz CT molecular complexity index is 264. The van der Waals surface area contributed by atoms with Gasteiger partial charge in [0.1, 0.15) is 0 Å². The molecule has 3 heteroatoms. The first-order valence-corrected chi connectivity index (χ1v) is 5.19. The molecule has 0 amide bonds. The van der Waals surface area contributed by atoms with Crippen molar-refractivity contribution < 1.29 is 4.79 Å². The summed E-state index contributed by atoms with van der Waals surface area (Å²) in [7, 11) is 0. The Morgan fingerprint density at radius 3 is 2.78 bits per heavy atom. The molecule has 0 aliphatic rings. The second-order valence-electron chi connectivity index (χ2n) is 1.69. The fourth-order valence-corrected chi connectivity index (χ4v) is 2.46. The summed E-state index contributed by atoms with van der Waals surface area (Å²) in [6.07, 6.45) is 0. The standard InChI is InChI=1S/C6H5OSe2/c1-4-6(8)5(7)2-3-9-4/h2-3H,1H3/p+1. The zero-order chi connectivity index (χ0) is 6.85. The van der Waals surface area contributed by atoms with Crippen LogP contribution in [0.15, 0.2) is 11.0 Å². The summed E-state index contributed by atoms with van der Waals surface area (Å²) < 4.78 is 2.19. The van der Waals surface area contributed by atoms with Crippen LogP contribution < -0.4 is 9.89 Å². The molecular weight excluding hydrogens is 246 g/mol. The van der Waals surface area contributed by atoms with Crippen LogP contribution in [0.25, 0.3) is 0 Å². The fraction of sp³-hybridized carbons (Fsp3) is 0.167. The maximum atomic E-state index is 9.10. The van der Waals surface area contributed by atoms with Crippen molar-refractivity contribution in [1.29, 1.82) is 0 Å². The van der Waals surface area contributed by atoms with Crippen LogP contribution in [-0.2, 0) is 0 Å². The van der Waals surface area contributed by atoms with Gasteiger partial charge in [0.15, 0.2) is 0 Å². The van der Waals surface area contributed by atoms with Crippen molar-refractivity contribution in [3.63, 3.8) is 0 Å². The molecule has 0 fully saturated rings. The molecule has 47 valence electrons. The Hall–Kier alpha value is 0.189. The number of rotatable bonds is 0. The van der Waals surface area contributed by atoms with Gasteiger partial charge < -0.3 is 0 Å². The first-order chi connectivity index (χ1) is 4.22. The van der Waals surface area contributed by atoms with Crippen LogP contribution in [0.5, 0.6) is 0 Å². The van der Waals surface area contributed by atoms with Gasteiger partial charge in [-0.15, -0.1) is 0 Å². The molecule has 0 aromatic carbocycles. The summed E-state index contributed by atoms with van der Waals surface area (Å²) in [5.41, 5.74) is 0.376. The summed E-state index contributed by atoms with van der Waals surface area (Å²) in [5, 5.41) is 0. The van der Waals surface area contributed by atoms with Gasteiger partial charge in [-0.25, -0.2) is 0 Å². The third kappa shape index (κ3) is 1.56. The van der Waals surface area contributed by atoms with Gasteiger partial charge in [0.05, 0.1) is 0 Å². The Morgan fingerprint density at radius 2 is 2.33 bits per heavy atom. The normalized spacial score (nSPS) is 9.44. The molecule has 1 nitrogen and oxygen atoms in total. The van der Waals surface area contributed by atoms with Crippen molar-refractivity contribution in [3.8, 4) is 0 Å². The molecule has 1 radical (unpaired) electrons. The van der Waals surface area contributed by atoms with Gasteiger partial charge in [0, 0.05) is 0 Å². The van der Waals surface area contributed by atoms with Crippen LogP contribution in [0.1, 0.15) is 4.44 Å². The monoisotopic (exact) mass is 254 g/mol. The van der Waals surface area contributed by atoms with Crippen molar-refractivity contribution in [2.75, 3.05) is 0 Å². The van der Waals surface area contributed by atoms with E-state index in [-0.39, 0.29) is 0 Å². The predicted octanol–water partition coefficient (Wildman–Crippen LogP) is -1.15. The van der Waals surface area contributed by atoms with Gasteiger partial charge in [-0.05, 0) is 0 Å². The van der Waals surface area contributed by atoms with Crippen LogP contribution >= 0.6 is 0 Å². The van der Waals surface area contributed by atoms with E-state index in [0.717, 1.165) is 4.46 Å². The Balaban J connectivity index is 3.43. The van der Waals surface area contributed by atoms with E-state index in [9.17, 15) is 0 Å². The van der Waals surface area contributed by atoms with Crippen molar-refractivity contribution >= 4 is 35.0 Å². The first kappa shape index (κ1) is 7.30. The molecule has 0 saturated carbocycles. The van der Waals surface area contributed by atoms with Crippen LogP contribution in [-0.4, -0.2) is 35.3 Å². The van der Waals surface area contributed by atoms with Gasteiger partial charge in [-0.3, -0.25) is 0 Å². The van der Waals surface area contributed by atoms with E-state index >= 15 is 0 Å². The van der Waals surface area contributed by atoms with E-state index in [0.29, 0.717) is 19.9 Å². The van der Waals surface area contributed by atoms with Gasteiger partial charge in [-0.2, -0.15) is 0 Å². The van der Waals surface area contributed by atoms with Gasteiger partial charge in [-0.1, -0.05) is 0 Å². The minimum absolute atomic E-state index is 0.376. The van der Waals surface area contributed by atoms with Crippen LogP contribution in [0.4, 0.5) is 0 Å². The molecule has 1 rings (SSSR count). The predicted molar refractivity (Wildman–Crippen MR) is 38.6 cm³/mol. The van der Waals surface area contributed by atoms with E-state index in [1.807, 2.05) is 11.9 Å². The zero-order valence-corrected chi connectivity index (χ0v) is 8.34. The van der Waals surface area contributed by atoms with E-state index < -0.39 is 0 Å². The molecule has 0 bridgehead atoms. The minimum atomic E-state index is 0.376. The average molecular weight is 252 g/mol. The van der Waals surface area contributed by atoms with Gasteiger partial charge in [0.25, 0.3) is 0 Å². The van der Waals surface area contributed by atoms with Gasteiger partial charge in [0.2, 0.25) is 0 Å². The van der Waals surface area contributed by atoms with Crippen LogP contribution in [0.3, 0.4) is 0 Å². The van der Waals surface area contributed by atoms with Gasteiger partial charge >= 0.3 is 67.6 Å². The summed E-state index contributed by atoms with van der Waals surface area (Å²) >= 11 is 3.29. The van der Waals surface area contributed by atoms with Crippen molar-refractivity contribution in [3.05, 3.63) is 20.9 Å². The van der Waals surface area contributed by atoms with E-state index in [2.05, 4.69) is 16.0 Å². The third-order valence-electron chi connectivity index (χ3n) is 1.02. The number of hydrogen-bond acceptors (Lipinski definition) is 0. The second kappa shape index (κ2) is 2.85. The zero-order valence-electron chi connectivity index (χ0n) is 4.92. The van der Waals surface area contributed by atoms with Crippen molar-refractivity contribution in [2.24, 2.45) is 0 Å². The summed E-state index contributed by atoms with van der Waals surface area (Å²) in [6, 6.07) is 1.75. The van der Waals surface area contributed by atoms with Crippen LogP contribution in [0, 0.1) is 6.92 Å². The van der Waals surface area contributed by atoms with E-state index in [1.54, 1.807) is 6.07 Å². The molecule has 1 aromatic rings. The van der Waals surface area contributed by atoms with E-state index in [4.69, 9.17) is 4.79 Å². The summed E-state index contributed by atoms with van der Waals surface area (Å²) in [4.78, 5) is 11.1. The number of hydrogen-bond donors (Lipinski definition) is 0. The first-order valence-electron chi connectivity index (χ1n) is 2.49. The second-order valence-corrected chi connectivity index (χ2v) is 4.90. The fourth-order valence-electron chi connectivity index (χ4n) is 0.510. The molecule has 9 heavy (non-hydrogen) atoms. The molecule has 1 heterocycles. The molecular formula is C6H6OSe2+. The number of aryl methyl sites for hydroxylation is 1. The molecule has 0 aliphatic carbocycles. The van der Waals surface area contributed by atoms with E-state index in [1.165, 1.54) is 4.44 Å². The SMILES string of the molecule is Cc1[se]ccc(=[OH+])c1[Se]. The summed E-state index contributed by atoms with van der Waals surface area (Å²) in [6.45, 7) is 2.03. The van der Waals surface area contributed by atoms with Crippen LogP contribution in [0.2, 0.25) is 0 Å². The molecule has 0 atom stereocenters. The molecule has 0 spiro atoms. The summed E-state index contributed by atoms with van der Waals surface area (Å²) in [5.74, 6) is 0. The average Bonchev–Trinajstić information content (AvgIpc) is 1.83. The Labute approximate surface area is 67.7 Å². The molecule has 1 aromatic heterocycles. The third-order valence-corrected chi connectivity index (χ3v) is 4.50. The quantitative estimate of drug-likeness (QED) is 0.411. The topological polar surface area (TPSA) is 21.4 Å². The molecule has 1 N–H and O–H groups in total. The molecule has 0 unspecified atom stereocenters. The van der Waals surface area contributed by atoms with Crippen molar-refractivity contribution in [1.82, 2.24) is 0 Å².